The monoisotopic (exact) mass is 241 g/mol. The molecule has 2 rings (SSSR count). The summed E-state index contributed by atoms with van der Waals surface area (Å²) >= 11 is 0. The van der Waals surface area contributed by atoms with E-state index in [0.29, 0.717) is 11.5 Å². The van der Waals surface area contributed by atoms with Gasteiger partial charge >= 0.3 is 0 Å². The van der Waals surface area contributed by atoms with E-state index in [1.165, 1.54) is 32.1 Å². The number of hydrogen-bond acceptors (Lipinski definition) is 3. The second-order valence-corrected chi connectivity index (χ2v) is 5.94. The average Bonchev–Trinajstić information content (AvgIpc) is 3.07. The van der Waals surface area contributed by atoms with Crippen LogP contribution in [0.5, 0.6) is 0 Å². The third-order valence-electron chi connectivity index (χ3n) is 4.29. The second kappa shape index (κ2) is 6.17. The number of ether oxygens (including phenoxy) is 2. The van der Waals surface area contributed by atoms with Crippen molar-refractivity contribution in [3.05, 3.63) is 0 Å². The maximum atomic E-state index is 5.80. The Hall–Kier alpha value is -0.120. The van der Waals surface area contributed by atoms with Crippen LogP contribution in [0.3, 0.4) is 0 Å². The molecule has 1 N–H and O–H groups in total. The molecule has 0 aromatic carbocycles. The SMILES string of the molecule is COCCNCC(C)(CC1CCCO1)C1CC1. The number of hydrogen-bond donors (Lipinski definition) is 1. The molecule has 3 heteroatoms. The van der Waals surface area contributed by atoms with E-state index < -0.39 is 0 Å². The molecule has 1 heterocycles. The highest BCUT2D eigenvalue weighted by atomic mass is 16.5. The standard InChI is InChI=1S/C14H27NO2/c1-14(12-5-6-12,11-15-7-9-16-2)10-13-4-3-8-17-13/h12-13,15H,3-11H2,1-2H3. The van der Waals surface area contributed by atoms with Crippen molar-refractivity contribution in [2.24, 2.45) is 11.3 Å². The minimum absolute atomic E-state index is 0.433. The maximum Gasteiger partial charge on any atom is 0.0587 e. The van der Waals surface area contributed by atoms with Crippen LogP contribution in [0.2, 0.25) is 0 Å². The highest BCUT2D eigenvalue weighted by Crippen LogP contribution is 2.48. The fourth-order valence-electron chi connectivity index (χ4n) is 3.04. The molecule has 2 aliphatic rings. The third-order valence-corrected chi connectivity index (χ3v) is 4.29. The zero-order chi connectivity index (χ0) is 12.1. The molecule has 0 bridgehead atoms. The van der Waals surface area contributed by atoms with Gasteiger partial charge < -0.3 is 14.8 Å². The molecule has 1 saturated carbocycles. The van der Waals surface area contributed by atoms with Gasteiger partial charge in [0.1, 0.15) is 0 Å². The van der Waals surface area contributed by atoms with Gasteiger partial charge in [-0.1, -0.05) is 6.92 Å². The summed E-state index contributed by atoms with van der Waals surface area (Å²) in [7, 11) is 1.76. The van der Waals surface area contributed by atoms with E-state index in [1.54, 1.807) is 7.11 Å². The minimum Gasteiger partial charge on any atom is -0.383 e. The van der Waals surface area contributed by atoms with Crippen LogP contribution < -0.4 is 5.32 Å². The van der Waals surface area contributed by atoms with Crippen LogP contribution in [0.15, 0.2) is 0 Å². The molecule has 2 unspecified atom stereocenters. The summed E-state index contributed by atoms with van der Waals surface area (Å²) in [6.45, 7) is 6.29. The number of rotatable bonds is 8. The first kappa shape index (κ1) is 13.3. The maximum absolute atomic E-state index is 5.80. The predicted molar refractivity (Wildman–Crippen MR) is 69.2 cm³/mol. The van der Waals surface area contributed by atoms with Crippen molar-refractivity contribution in [3.8, 4) is 0 Å². The molecule has 1 aliphatic heterocycles. The smallest absolute Gasteiger partial charge is 0.0587 e. The Bertz CT molecular complexity index is 224. The van der Waals surface area contributed by atoms with Gasteiger partial charge in [0.2, 0.25) is 0 Å². The summed E-state index contributed by atoms with van der Waals surface area (Å²) in [6, 6.07) is 0. The van der Waals surface area contributed by atoms with Crippen LogP contribution in [0.1, 0.15) is 39.0 Å². The normalized spacial score (nSPS) is 28.2. The summed E-state index contributed by atoms with van der Waals surface area (Å²) < 4.78 is 10.9. The topological polar surface area (TPSA) is 30.5 Å². The van der Waals surface area contributed by atoms with Crippen LogP contribution in [0, 0.1) is 11.3 Å². The minimum atomic E-state index is 0.433. The lowest BCUT2D eigenvalue weighted by atomic mass is 9.79. The van der Waals surface area contributed by atoms with Gasteiger partial charge in [0.15, 0.2) is 0 Å². The molecule has 0 aromatic heterocycles. The van der Waals surface area contributed by atoms with Crippen molar-refractivity contribution in [2.45, 2.75) is 45.1 Å². The average molecular weight is 241 g/mol. The van der Waals surface area contributed by atoms with Crippen LogP contribution in [0.25, 0.3) is 0 Å². The molecule has 3 nitrogen and oxygen atoms in total. The van der Waals surface area contributed by atoms with Crippen molar-refractivity contribution in [1.29, 1.82) is 0 Å². The third kappa shape index (κ3) is 3.94. The van der Waals surface area contributed by atoms with Gasteiger partial charge in [0.25, 0.3) is 0 Å². The van der Waals surface area contributed by atoms with E-state index in [-0.39, 0.29) is 0 Å². The molecule has 2 atom stereocenters. The van der Waals surface area contributed by atoms with Gasteiger partial charge in [-0.25, -0.2) is 0 Å². The lowest BCUT2D eigenvalue weighted by Gasteiger charge is -2.32. The number of nitrogens with one attached hydrogen (secondary N) is 1. The Kier molecular flexibility index (Phi) is 4.83. The van der Waals surface area contributed by atoms with E-state index in [9.17, 15) is 0 Å². The fourth-order valence-corrected chi connectivity index (χ4v) is 3.04. The zero-order valence-corrected chi connectivity index (χ0v) is 11.3. The fraction of sp³-hybridized carbons (Fsp3) is 1.00. The molecular weight excluding hydrogens is 214 g/mol. The molecule has 0 radical (unpaired) electrons. The molecule has 17 heavy (non-hydrogen) atoms. The van der Waals surface area contributed by atoms with Gasteiger partial charge in [-0.2, -0.15) is 0 Å². The molecule has 0 spiro atoms. The van der Waals surface area contributed by atoms with E-state index in [2.05, 4.69) is 12.2 Å². The van der Waals surface area contributed by atoms with Crippen molar-refractivity contribution < 1.29 is 9.47 Å². The first-order chi connectivity index (χ1) is 8.24. The zero-order valence-electron chi connectivity index (χ0n) is 11.3. The molecule has 2 fully saturated rings. The van der Waals surface area contributed by atoms with Gasteiger partial charge in [-0.05, 0) is 43.4 Å². The lowest BCUT2D eigenvalue weighted by molar-refractivity contribution is 0.0571. The van der Waals surface area contributed by atoms with Gasteiger partial charge in [0, 0.05) is 26.8 Å². The van der Waals surface area contributed by atoms with E-state index >= 15 is 0 Å². The summed E-state index contributed by atoms with van der Waals surface area (Å²) in [5.41, 5.74) is 0.433. The predicted octanol–water partition coefficient (Wildman–Crippen LogP) is 2.21. The molecule has 1 saturated heterocycles. The first-order valence-electron chi connectivity index (χ1n) is 7.06. The quantitative estimate of drug-likeness (QED) is 0.661. The van der Waals surface area contributed by atoms with Crippen molar-refractivity contribution in [3.63, 3.8) is 0 Å². The summed E-state index contributed by atoms with van der Waals surface area (Å²) in [5, 5.41) is 3.54. The van der Waals surface area contributed by atoms with E-state index in [0.717, 1.165) is 32.2 Å². The molecule has 100 valence electrons. The van der Waals surface area contributed by atoms with Gasteiger partial charge in [-0.3, -0.25) is 0 Å². The van der Waals surface area contributed by atoms with Gasteiger partial charge in [0.05, 0.1) is 12.7 Å². The molecular formula is C14H27NO2. The Morgan fingerprint density at radius 2 is 2.18 bits per heavy atom. The van der Waals surface area contributed by atoms with Crippen molar-refractivity contribution >= 4 is 0 Å². The van der Waals surface area contributed by atoms with Crippen LogP contribution in [-0.4, -0.2) is 39.5 Å². The summed E-state index contributed by atoms with van der Waals surface area (Å²) in [6.07, 6.45) is 7.09. The Balaban J connectivity index is 1.76. The van der Waals surface area contributed by atoms with Crippen LogP contribution in [-0.2, 0) is 9.47 Å². The highest BCUT2D eigenvalue weighted by Gasteiger charge is 2.42. The Morgan fingerprint density at radius 3 is 2.76 bits per heavy atom. The first-order valence-corrected chi connectivity index (χ1v) is 7.06. The summed E-state index contributed by atoms with van der Waals surface area (Å²) in [5.74, 6) is 0.918. The Labute approximate surface area is 105 Å². The van der Waals surface area contributed by atoms with Crippen molar-refractivity contribution in [1.82, 2.24) is 5.32 Å². The molecule has 0 amide bonds. The summed E-state index contributed by atoms with van der Waals surface area (Å²) in [4.78, 5) is 0. The second-order valence-electron chi connectivity index (χ2n) is 5.94. The number of methoxy groups -OCH3 is 1. The van der Waals surface area contributed by atoms with Crippen LogP contribution >= 0.6 is 0 Å². The lowest BCUT2D eigenvalue weighted by Crippen LogP contribution is -2.37. The van der Waals surface area contributed by atoms with Crippen LogP contribution in [0.4, 0.5) is 0 Å². The highest BCUT2D eigenvalue weighted by molar-refractivity contribution is 4.94. The van der Waals surface area contributed by atoms with E-state index in [1.807, 2.05) is 0 Å². The Morgan fingerprint density at radius 1 is 1.35 bits per heavy atom. The molecule has 1 aliphatic carbocycles. The van der Waals surface area contributed by atoms with Crippen molar-refractivity contribution in [2.75, 3.05) is 33.4 Å². The largest absolute Gasteiger partial charge is 0.383 e. The van der Waals surface area contributed by atoms with Gasteiger partial charge in [-0.15, -0.1) is 0 Å². The van der Waals surface area contributed by atoms with E-state index in [4.69, 9.17) is 9.47 Å². The molecule has 0 aromatic rings.